The molecule has 0 atom stereocenters. The molecular weight excluding hydrogens is 424 g/mol. The van der Waals surface area contributed by atoms with Crippen molar-refractivity contribution in [2.75, 3.05) is 0 Å². The molecule has 1 aliphatic heterocycles. The van der Waals surface area contributed by atoms with Crippen LogP contribution in [-0.4, -0.2) is 26.5 Å². The second-order valence-corrected chi connectivity index (χ2v) is 8.80. The predicted octanol–water partition coefficient (Wildman–Crippen LogP) is 5.11. The first-order valence-electron chi connectivity index (χ1n) is 12.2. The molecular formula is C28H32N4O2. The first-order chi connectivity index (χ1) is 16.6. The maximum atomic E-state index is 12.0. The number of allylic oxidation sites excluding steroid dienone is 1. The number of carbonyl (C=O) groups excluding carboxylic acids is 2. The van der Waals surface area contributed by atoms with Gasteiger partial charge in [-0.15, -0.1) is 0 Å². The van der Waals surface area contributed by atoms with Gasteiger partial charge in [0.25, 0.3) is 0 Å². The van der Waals surface area contributed by atoms with Crippen molar-refractivity contribution in [3.63, 3.8) is 0 Å². The predicted molar refractivity (Wildman–Crippen MR) is 134 cm³/mol. The maximum Gasteiger partial charge on any atom is 0.232 e. The molecule has 1 aliphatic rings. The summed E-state index contributed by atoms with van der Waals surface area (Å²) in [6.45, 7) is 5.08. The van der Waals surface area contributed by atoms with Gasteiger partial charge >= 0.3 is 0 Å². The van der Waals surface area contributed by atoms with Crippen LogP contribution < -0.4 is 5.32 Å². The molecule has 0 saturated carbocycles. The number of amides is 1. The molecule has 0 bridgehead atoms. The van der Waals surface area contributed by atoms with Crippen LogP contribution in [0, 0.1) is 0 Å². The van der Waals surface area contributed by atoms with Crippen molar-refractivity contribution in [2.45, 2.75) is 65.3 Å². The number of nitrogens with one attached hydrogen (secondary N) is 1. The summed E-state index contributed by atoms with van der Waals surface area (Å²) in [5, 5.41) is 7.45. The normalized spacial score (nSPS) is 14.7. The van der Waals surface area contributed by atoms with E-state index in [0.717, 1.165) is 66.9 Å². The Morgan fingerprint density at radius 1 is 0.971 bits per heavy atom. The Kier molecular flexibility index (Phi) is 7.68. The number of carbonyl (C=O) groups is 2. The van der Waals surface area contributed by atoms with E-state index in [1.165, 1.54) is 5.56 Å². The topological polar surface area (TPSA) is 76.9 Å². The van der Waals surface area contributed by atoms with Crippen LogP contribution in [0.1, 0.15) is 68.7 Å². The lowest BCUT2D eigenvalue weighted by molar-refractivity contribution is -0.121. The number of benzene rings is 2. The lowest BCUT2D eigenvalue weighted by atomic mass is 9.97. The monoisotopic (exact) mass is 456 g/mol. The number of ketones is 1. The van der Waals surface area contributed by atoms with Crippen molar-refractivity contribution >= 4 is 17.8 Å². The summed E-state index contributed by atoms with van der Waals surface area (Å²) in [5.41, 5.74) is 4.50. The maximum absolute atomic E-state index is 12.0. The highest BCUT2D eigenvalue weighted by atomic mass is 16.2. The molecule has 0 radical (unpaired) electrons. The Morgan fingerprint density at radius 3 is 2.41 bits per heavy atom. The number of aromatic nitrogens is 3. The summed E-state index contributed by atoms with van der Waals surface area (Å²) in [6, 6.07) is 16.4. The molecule has 2 aromatic carbocycles. The van der Waals surface area contributed by atoms with E-state index in [0.29, 0.717) is 12.2 Å². The Bertz CT molecular complexity index is 1190. The molecule has 1 saturated heterocycles. The second-order valence-electron chi connectivity index (χ2n) is 8.80. The molecule has 6 heteroatoms. The highest BCUT2D eigenvalue weighted by Crippen LogP contribution is 2.27. The van der Waals surface area contributed by atoms with Crippen LogP contribution in [0.15, 0.2) is 54.2 Å². The summed E-state index contributed by atoms with van der Waals surface area (Å²) in [4.78, 5) is 28.4. The highest BCUT2D eigenvalue weighted by molar-refractivity contribution is 6.17. The van der Waals surface area contributed by atoms with Gasteiger partial charge in [0, 0.05) is 12.8 Å². The largest absolute Gasteiger partial charge is 0.323 e. The Balaban J connectivity index is 1.55. The standard InChI is InChI=1S/C28H32N4O2/c1-3-5-11-26-30-27(12-6-4-2)32(31-26)19-20-13-15-21(16-14-20)23-10-8-7-9-22(23)17-24-25(33)18-28(34)29-24/h7-10,13-17H,3-6,11-12,18-19H2,1-2H3,(H,29,34). The van der Waals surface area contributed by atoms with Gasteiger partial charge in [0.05, 0.1) is 18.7 Å². The van der Waals surface area contributed by atoms with Gasteiger partial charge < -0.3 is 5.32 Å². The number of aryl methyl sites for hydroxylation is 2. The van der Waals surface area contributed by atoms with Crippen LogP contribution in [0.25, 0.3) is 17.2 Å². The smallest absolute Gasteiger partial charge is 0.232 e. The third-order valence-electron chi connectivity index (χ3n) is 6.05. The highest BCUT2D eigenvalue weighted by Gasteiger charge is 2.24. The zero-order valence-corrected chi connectivity index (χ0v) is 20.0. The van der Waals surface area contributed by atoms with E-state index < -0.39 is 0 Å². The van der Waals surface area contributed by atoms with Crippen molar-refractivity contribution < 1.29 is 9.59 Å². The van der Waals surface area contributed by atoms with Crippen LogP contribution >= 0.6 is 0 Å². The van der Waals surface area contributed by atoms with E-state index in [1.807, 2.05) is 24.3 Å². The molecule has 3 aromatic rings. The summed E-state index contributed by atoms with van der Waals surface area (Å²) in [5.74, 6) is 1.60. The third kappa shape index (κ3) is 5.68. The van der Waals surface area contributed by atoms with Crippen molar-refractivity contribution in [3.8, 4) is 11.1 Å². The molecule has 34 heavy (non-hydrogen) atoms. The average molecular weight is 457 g/mol. The van der Waals surface area contributed by atoms with Gasteiger partial charge in [-0.1, -0.05) is 75.2 Å². The van der Waals surface area contributed by atoms with E-state index in [9.17, 15) is 9.59 Å². The van der Waals surface area contributed by atoms with Crippen molar-refractivity contribution in [3.05, 3.63) is 77.0 Å². The Morgan fingerprint density at radius 2 is 1.71 bits per heavy atom. The molecule has 0 aliphatic carbocycles. The fourth-order valence-corrected chi connectivity index (χ4v) is 4.14. The fraction of sp³-hybridized carbons (Fsp3) is 0.357. The minimum absolute atomic E-state index is 0.0780. The number of rotatable bonds is 10. The Hall–Kier alpha value is -3.54. The van der Waals surface area contributed by atoms with E-state index in [-0.39, 0.29) is 18.1 Å². The first-order valence-corrected chi connectivity index (χ1v) is 12.2. The minimum Gasteiger partial charge on any atom is -0.323 e. The van der Waals surface area contributed by atoms with Gasteiger partial charge in [-0.3, -0.25) is 9.59 Å². The van der Waals surface area contributed by atoms with E-state index in [4.69, 9.17) is 10.1 Å². The molecule has 176 valence electrons. The molecule has 4 rings (SSSR count). The second kappa shape index (κ2) is 11.1. The SMILES string of the molecule is CCCCc1nc(CCCC)n(Cc2ccc(-c3ccccc3C=C3NC(=O)CC3=O)cc2)n1. The van der Waals surface area contributed by atoms with E-state index in [1.54, 1.807) is 6.08 Å². The first kappa shape index (κ1) is 23.6. The number of hydrogen-bond donors (Lipinski definition) is 1. The summed E-state index contributed by atoms with van der Waals surface area (Å²) in [6.07, 6.45) is 8.06. The lowest BCUT2D eigenvalue weighted by Crippen LogP contribution is -2.12. The molecule has 0 unspecified atom stereocenters. The van der Waals surface area contributed by atoms with Crippen LogP contribution in [-0.2, 0) is 29.0 Å². The van der Waals surface area contributed by atoms with Crippen LogP contribution in [0.3, 0.4) is 0 Å². The number of hydrogen-bond acceptors (Lipinski definition) is 4. The summed E-state index contributed by atoms with van der Waals surface area (Å²) in [7, 11) is 0. The molecule has 1 amide bonds. The van der Waals surface area contributed by atoms with Crippen LogP contribution in [0.5, 0.6) is 0 Å². The molecule has 1 N–H and O–H groups in total. The molecule has 2 heterocycles. The molecule has 1 aromatic heterocycles. The molecule has 6 nitrogen and oxygen atoms in total. The summed E-state index contributed by atoms with van der Waals surface area (Å²) < 4.78 is 2.06. The number of unbranched alkanes of at least 4 members (excludes halogenated alkanes) is 2. The van der Waals surface area contributed by atoms with Crippen molar-refractivity contribution in [1.29, 1.82) is 0 Å². The Labute approximate surface area is 201 Å². The van der Waals surface area contributed by atoms with Gasteiger partial charge in [-0.25, -0.2) is 9.67 Å². The van der Waals surface area contributed by atoms with Gasteiger partial charge in [-0.2, -0.15) is 5.10 Å². The zero-order chi connectivity index (χ0) is 23.9. The van der Waals surface area contributed by atoms with Crippen LogP contribution in [0.4, 0.5) is 0 Å². The fourth-order valence-electron chi connectivity index (χ4n) is 4.14. The number of Topliss-reactive ketones (excluding diaryl/α,β-unsaturated/α-hetero) is 1. The molecule has 1 fully saturated rings. The minimum atomic E-state index is -0.248. The van der Waals surface area contributed by atoms with Crippen LogP contribution in [0.2, 0.25) is 0 Å². The van der Waals surface area contributed by atoms with E-state index in [2.05, 4.69) is 48.1 Å². The van der Waals surface area contributed by atoms with Gasteiger partial charge in [0.15, 0.2) is 11.6 Å². The zero-order valence-electron chi connectivity index (χ0n) is 20.0. The van der Waals surface area contributed by atoms with Crippen molar-refractivity contribution in [2.24, 2.45) is 0 Å². The lowest BCUT2D eigenvalue weighted by Gasteiger charge is -2.10. The van der Waals surface area contributed by atoms with Gasteiger partial charge in [0.2, 0.25) is 5.91 Å². The third-order valence-corrected chi connectivity index (χ3v) is 6.05. The average Bonchev–Trinajstić information content (AvgIpc) is 3.38. The summed E-state index contributed by atoms with van der Waals surface area (Å²) >= 11 is 0. The molecule has 0 spiro atoms. The number of nitrogens with zero attached hydrogens (tertiary/aromatic N) is 3. The van der Waals surface area contributed by atoms with Crippen molar-refractivity contribution in [1.82, 2.24) is 20.1 Å². The van der Waals surface area contributed by atoms with Gasteiger partial charge in [0.1, 0.15) is 5.82 Å². The van der Waals surface area contributed by atoms with E-state index >= 15 is 0 Å². The quantitative estimate of drug-likeness (QED) is 0.340. The van der Waals surface area contributed by atoms with Gasteiger partial charge in [-0.05, 0) is 41.2 Å².